The van der Waals surface area contributed by atoms with Crippen LogP contribution in [0.2, 0.25) is 0 Å². The van der Waals surface area contributed by atoms with Crippen molar-refractivity contribution in [3.63, 3.8) is 0 Å². The molecule has 0 fully saturated rings. The van der Waals surface area contributed by atoms with Crippen LogP contribution in [0.5, 0.6) is 0 Å². The van der Waals surface area contributed by atoms with Crippen molar-refractivity contribution in [1.29, 1.82) is 0 Å². The highest BCUT2D eigenvalue weighted by Crippen LogP contribution is 2.21. The van der Waals surface area contributed by atoms with Crippen LogP contribution < -0.4 is 5.32 Å². The minimum absolute atomic E-state index is 0.459. The molecule has 1 atom stereocenters. The van der Waals surface area contributed by atoms with E-state index in [1.807, 2.05) is 11.7 Å². The van der Waals surface area contributed by atoms with Gasteiger partial charge in [0.2, 0.25) is 0 Å². The van der Waals surface area contributed by atoms with E-state index in [2.05, 4.69) is 59.7 Å². The fourth-order valence-electron chi connectivity index (χ4n) is 2.83. The minimum atomic E-state index is 0.459. The highest BCUT2D eigenvalue weighted by Gasteiger charge is 2.12. The number of aromatic nitrogens is 1. The van der Waals surface area contributed by atoms with E-state index in [1.165, 1.54) is 21.2 Å². The summed E-state index contributed by atoms with van der Waals surface area (Å²) >= 11 is 1.74. The topological polar surface area (TPSA) is 24.9 Å². The summed E-state index contributed by atoms with van der Waals surface area (Å²) in [5, 5.41) is 6.30. The number of benzene rings is 2. The average Bonchev–Trinajstić information content (AvgIpc) is 3.01. The Hall–Kier alpha value is -1.71. The van der Waals surface area contributed by atoms with Crippen molar-refractivity contribution >= 4 is 22.1 Å². The summed E-state index contributed by atoms with van der Waals surface area (Å²) in [5.41, 5.74) is 3.33. The van der Waals surface area contributed by atoms with Gasteiger partial charge in [0.25, 0.3) is 0 Å². The number of likely N-dealkylation sites (N-methyl/N-ethyl adjacent to an activating group) is 1. The van der Waals surface area contributed by atoms with Gasteiger partial charge in [-0.05, 0) is 35.7 Å². The molecular formula is C18H20N2S. The lowest BCUT2D eigenvalue weighted by Crippen LogP contribution is -2.32. The van der Waals surface area contributed by atoms with Gasteiger partial charge < -0.3 is 5.32 Å². The monoisotopic (exact) mass is 296 g/mol. The predicted octanol–water partition coefficient (Wildman–Crippen LogP) is 4.06. The first-order valence-corrected chi connectivity index (χ1v) is 8.32. The van der Waals surface area contributed by atoms with Gasteiger partial charge in [-0.15, -0.1) is 11.3 Å². The molecule has 1 N–H and O–H groups in total. The van der Waals surface area contributed by atoms with E-state index in [0.29, 0.717) is 6.04 Å². The number of rotatable bonds is 6. The van der Waals surface area contributed by atoms with E-state index >= 15 is 0 Å². The molecule has 0 aliphatic carbocycles. The van der Waals surface area contributed by atoms with Gasteiger partial charge in [0, 0.05) is 17.1 Å². The average molecular weight is 296 g/mol. The molecule has 0 bridgehead atoms. The van der Waals surface area contributed by atoms with Crippen molar-refractivity contribution in [2.75, 3.05) is 6.54 Å². The van der Waals surface area contributed by atoms with Gasteiger partial charge in [0.05, 0.1) is 5.51 Å². The van der Waals surface area contributed by atoms with Crippen molar-refractivity contribution in [2.45, 2.75) is 25.8 Å². The molecule has 0 radical (unpaired) electrons. The summed E-state index contributed by atoms with van der Waals surface area (Å²) in [5.74, 6) is 0. The zero-order valence-corrected chi connectivity index (χ0v) is 13.1. The van der Waals surface area contributed by atoms with E-state index < -0.39 is 0 Å². The summed E-state index contributed by atoms with van der Waals surface area (Å²) < 4.78 is 0. The summed E-state index contributed by atoms with van der Waals surface area (Å²) in [4.78, 5) is 5.53. The molecule has 0 aliphatic rings. The Balaban J connectivity index is 1.83. The second-order valence-corrected chi connectivity index (χ2v) is 6.24. The van der Waals surface area contributed by atoms with Gasteiger partial charge in [-0.3, -0.25) is 4.98 Å². The lowest BCUT2D eigenvalue weighted by atomic mass is 9.97. The molecule has 0 aliphatic heterocycles. The molecule has 0 spiro atoms. The number of thiazole rings is 1. The van der Waals surface area contributed by atoms with E-state index in [-0.39, 0.29) is 0 Å². The van der Waals surface area contributed by atoms with Gasteiger partial charge in [0.15, 0.2) is 0 Å². The highest BCUT2D eigenvalue weighted by atomic mass is 32.1. The molecule has 0 saturated carbocycles. The zero-order chi connectivity index (χ0) is 14.5. The SMILES string of the molecule is CCNC(Cc1cncs1)Cc1cccc2ccccc12. The molecule has 3 rings (SSSR count). The maximum atomic E-state index is 4.18. The Morgan fingerprint density at radius 2 is 1.95 bits per heavy atom. The Labute approximate surface area is 129 Å². The van der Waals surface area contributed by atoms with E-state index in [9.17, 15) is 0 Å². The third-order valence-electron chi connectivity index (χ3n) is 3.77. The van der Waals surface area contributed by atoms with Crippen LogP contribution >= 0.6 is 11.3 Å². The first-order valence-electron chi connectivity index (χ1n) is 7.44. The maximum Gasteiger partial charge on any atom is 0.0794 e. The van der Waals surface area contributed by atoms with Gasteiger partial charge in [-0.2, -0.15) is 0 Å². The largest absolute Gasteiger partial charge is 0.314 e. The lowest BCUT2D eigenvalue weighted by molar-refractivity contribution is 0.525. The van der Waals surface area contributed by atoms with Gasteiger partial charge in [-0.25, -0.2) is 0 Å². The van der Waals surface area contributed by atoms with E-state index in [4.69, 9.17) is 0 Å². The molecule has 0 saturated heterocycles. The first-order chi connectivity index (χ1) is 10.4. The molecule has 3 heteroatoms. The normalized spacial score (nSPS) is 12.6. The third-order valence-corrected chi connectivity index (χ3v) is 4.57. The van der Waals surface area contributed by atoms with Crippen molar-refractivity contribution < 1.29 is 0 Å². The molecule has 21 heavy (non-hydrogen) atoms. The second kappa shape index (κ2) is 6.83. The highest BCUT2D eigenvalue weighted by molar-refractivity contribution is 7.09. The van der Waals surface area contributed by atoms with E-state index in [1.54, 1.807) is 11.3 Å². The molecule has 0 amide bonds. The van der Waals surface area contributed by atoms with Crippen molar-refractivity contribution in [1.82, 2.24) is 10.3 Å². The molecule has 108 valence electrons. The molecule has 1 heterocycles. The van der Waals surface area contributed by atoms with Crippen LogP contribution in [0.4, 0.5) is 0 Å². The number of fused-ring (bicyclic) bond motifs is 1. The number of nitrogens with one attached hydrogen (secondary N) is 1. The summed E-state index contributed by atoms with van der Waals surface area (Å²) in [6.45, 7) is 3.16. The molecule has 2 nitrogen and oxygen atoms in total. The Bertz CT molecular complexity index is 686. The molecule has 3 aromatic rings. The predicted molar refractivity (Wildman–Crippen MR) is 90.9 cm³/mol. The van der Waals surface area contributed by atoms with Gasteiger partial charge >= 0.3 is 0 Å². The quantitative estimate of drug-likeness (QED) is 0.742. The van der Waals surface area contributed by atoms with E-state index in [0.717, 1.165) is 19.4 Å². The lowest BCUT2D eigenvalue weighted by Gasteiger charge is -2.18. The maximum absolute atomic E-state index is 4.18. The minimum Gasteiger partial charge on any atom is -0.314 e. The third kappa shape index (κ3) is 3.49. The second-order valence-electron chi connectivity index (χ2n) is 5.27. The zero-order valence-electron chi connectivity index (χ0n) is 12.3. The van der Waals surface area contributed by atoms with Gasteiger partial charge in [-0.1, -0.05) is 49.4 Å². The molecule has 1 aromatic heterocycles. The Morgan fingerprint density at radius 3 is 2.76 bits per heavy atom. The molecule has 1 unspecified atom stereocenters. The van der Waals surface area contributed by atoms with Crippen molar-refractivity contribution in [3.8, 4) is 0 Å². The van der Waals surface area contributed by atoms with Crippen molar-refractivity contribution in [2.24, 2.45) is 0 Å². The molecular weight excluding hydrogens is 276 g/mol. The Kier molecular flexibility index (Phi) is 4.63. The molecule has 2 aromatic carbocycles. The fourth-order valence-corrected chi connectivity index (χ4v) is 3.50. The van der Waals surface area contributed by atoms with Gasteiger partial charge in [0.1, 0.15) is 0 Å². The number of hydrogen-bond donors (Lipinski definition) is 1. The van der Waals surface area contributed by atoms with Crippen LogP contribution in [0.25, 0.3) is 10.8 Å². The van der Waals surface area contributed by atoms with Crippen LogP contribution in [0.3, 0.4) is 0 Å². The fraction of sp³-hybridized carbons (Fsp3) is 0.278. The van der Waals surface area contributed by atoms with Crippen molar-refractivity contribution in [3.05, 3.63) is 64.6 Å². The smallest absolute Gasteiger partial charge is 0.0794 e. The summed E-state index contributed by atoms with van der Waals surface area (Å²) in [6, 6.07) is 15.7. The van der Waals surface area contributed by atoms with Crippen LogP contribution in [-0.2, 0) is 12.8 Å². The van der Waals surface area contributed by atoms with Crippen LogP contribution in [0.15, 0.2) is 54.2 Å². The van der Waals surface area contributed by atoms with Crippen LogP contribution in [0.1, 0.15) is 17.4 Å². The summed E-state index contributed by atoms with van der Waals surface area (Å²) in [6.07, 6.45) is 4.08. The van der Waals surface area contributed by atoms with Crippen LogP contribution in [-0.4, -0.2) is 17.6 Å². The Morgan fingerprint density at radius 1 is 1.10 bits per heavy atom. The number of hydrogen-bond acceptors (Lipinski definition) is 3. The number of nitrogens with zero attached hydrogens (tertiary/aromatic N) is 1. The standard InChI is InChI=1S/C18H20N2S/c1-2-20-16(11-17-12-19-13-21-17)10-15-8-5-7-14-6-3-4-9-18(14)15/h3-9,12-13,16,20H,2,10-11H2,1H3. The first kappa shape index (κ1) is 14.2. The summed E-state index contributed by atoms with van der Waals surface area (Å²) in [7, 11) is 0. The van der Waals surface area contributed by atoms with Crippen LogP contribution in [0, 0.1) is 0 Å².